The lowest BCUT2D eigenvalue weighted by molar-refractivity contribution is 0.00612. The molecule has 1 spiro atoms. The molecule has 2 amide bonds. The normalized spacial score (nSPS) is 27.9. The van der Waals surface area contributed by atoms with Gasteiger partial charge >= 0.3 is 0 Å². The number of pyridine rings is 1. The number of hydrogen-bond acceptors (Lipinski definition) is 7. The molecule has 1 aromatic carbocycles. The maximum atomic E-state index is 13.4. The summed E-state index contributed by atoms with van der Waals surface area (Å²) in [4.78, 5) is 32.1. The number of carbonyl (C=O) groups is 2. The quantitative estimate of drug-likeness (QED) is 0.224. The van der Waals surface area contributed by atoms with Gasteiger partial charge in [-0.1, -0.05) is 12.1 Å². The zero-order valence-electron chi connectivity index (χ0n) is 22.8. The minimum atomic E-state index is -1.26. The summed E-state index contributed by atoms with van der Waals surface area (Å²) in [6.07, 6.45) is 4.28. The molecule has 0 radical (unpaired) electrons. The van der Waals surface area contributed by atoms with Crippen LogP contribution in [0.5, 0.6) is 5.75 Å². The molecule has 4 aliphatic rings. The van der Waals surface area contributed by atoms with Gasteiger partial charge in [-0.25, -0.2) is 4.98 Å². The molecule has 8 N–H and O–H groups in total. The van der Waals surface area contributed by atoms with Crippen LogP contribution in [0.25, 0.3) is 0 Å². The van der Waals surface area contributed by atoms with Crippen molar-refractivity contribution in [3.63, 3.8) is 0 Å². The second kappa shape index (κ2) is 10.5. The third kappa shape index (κ3) is 4.59. The summed E-state index contributed by atoms with van der Waals surface area (Å²) >= 11 is 0. The van der Waals surface area contributed by atoms with E-state index in [-0.39, 0.29) is 36.6 Å². The van der Waals surface area contributed by atoms with Crippen LogP contribution in [0.1, 0.15) is 51.7 Å². The van der Waals surface area contributed by atoms with E-state index in [1.807, 2.05) is 19.1 Å². The van der Waals surface area contributed by atoms with Crippen molar-refractivity contribution < 1.29 is 19.4 Å². The Kier molecular flexibility index (Phi) is 6.89. The number of fused-ring (bicyclic) bond motifs is 1. The molecule has 41 heavy (non-hydrogen) atoms. The topological polar surface area (TPSA) is 188 Å². The van der Waals surface area contributed by atoms with Crippen molar-refractivity contribution in [2.24, 2.45) is 0 Å². The number of nitrogens with zero attached hydrogens (tertiary/aromatic N) is 2. The summed E-state index contributed by atoms with van der Waals surface area (Å²) < 4.78 is 5.38. The van der Waals surface area contributed by atoms with Gasteiger partial charge < -0.3 is 41.3 Å². The maximum absolute atomic E-state index is 13.4. The SMILES string of the molecule is CCOc1ccc(C(=O)NC[C@@H]2NC(=N)N3CC(NC(=O)c4cccc5c4CCCC5)[C@@H](O)C34NC(=N)N[C@@H]24)nc1. The van der Waals surface area contributed by atoms with Crippen LogP contribution in [0.4, 0.5) is 0 Å². The van der Waals surface area contributed by atoms with Crippen LogP contribution in [0.3, 0.4) is 0 Å². The van der Waals surface area contributed by atoms with Crippen molar-refractivity contribution in [3.05, 3.63) is 58.9 Å². The molecule has 13 heteroatoms. The van der Waals surface area contributed by atoms with E-state index >= 15 is 0 Å². The molecule has 4 heterocycles. The van der Waals surface area contributed by atoms with Gasteiger partial charge in [0.1, 0.15) is 17.5 Å². The van der Waals surface area contributed by atoms with Crippen molar-refractivity contribution in [2.45, 2.75) is 62.5 Å². The molecule has 13 nitrogen and oxygen atoms in total. The monoisotopic (exact) mass is 561 g/mol. The molecule has 1 aliphatic carbocycles. The Morgan fingerprint density at radius 1 is 1.17 bits per heavy atom. The molecule has 3 aliphatic heterocycles. The fourth-order valence-corrected chi connectivity index (χ4v) is 6.60. The van der Waals surface area contributed by atoms with Crippen LogP contribution in [0, 0.1) is 10.8 Å². The summed E-state index contributed by atoms with van der Waals surface area (Å²) in [7, 11) is 0. The average Bonchev–Trinajstić information content (AvgIpc) is 3.47. The van der Waals surface area contributed by atoms with Gasteiger partial charge in [-0.3, -0.25) is 20.4 Å². The van der Waals surface area contributed by atoms with Gasteiger partial charge in [0.05, 0.1) is 30.9 Å². The van der Waals surface area contributed by atoms with Crippen molar-refractivity contribution in [1.29, 1.82) is 10.8 Å². The largest absolute Gasteiger partial charge is 0.492 e. The Morgan fingerprint density at radius 3 is 2.78 bits per heavy atom. The predicted molar refractivity (Wildman–Crippen MR) is 150 cm³/mol. The first kappa shape index (κ1) is 26.8. The fraction of sp³-hybridized carbons (Fsp3) is 0.464. The van der Waals surface area contributed by atoms with E-state index in [9.17, 15) is 14.7 Å². The van der Waals surface area contributed by atoms with Gasteiger partial charge in [0.2, 0.25) is 0 Å². The number of aromatic nitrogens is 1. The van der Waals surface area contributed by atoms with E-state index in [4.69, 9.17) is 15.6 Å². The van der Waals surface area contributed by atoms with E-state index in [1.165, 1.54) is 11.8 Å². The van der Waals surface area contributed by atoms with E-state index in [2.05, 4.69) is 37.6 Å². The molecular formula is C28H35N9O4. The minimum absolute atomic E-state index is 0.0100. The smallest absolute Gasteiger partial charge is 0.269 e. The van der Waals surface area contributed by atoms with Crippen molar-refractivity contribution in [1.82, 2.24) is 36.5 Å². The number of ether oxygens (including phenoxy) is 1. The van der Waals surface area contributed by atoms with Gasteiger partial charge in [0.15, 0.2) is 17.6 Å². The molecule has 6 rings (SSSR count). The van der Waals surface area contributed by atoms with Crippen LogP contribution >= 0.6 is 0 Å². The van der Waals surface area contributed by atoms with Crippen molar-refractivity contribution in [2.75, 3.05) is 19.7 Å². The minimum Gasteiger partial charge on any atom is -0.492 e. The fourth-order valence-electron chi connectivity index (χ4n) is 6.60. The second-order valence-corrected chi connectivity index (χ2v) is 10.9. The lowest BCUT2D eigenvalue weighted by Crippen LogP contribution is -2.78. The Balaban J connectivity index is 1.18. The van der Waals surface area contributed by atoms with E-state index in [0.717, 1.165) is 31.2 Å². The first-order valence-electron chi connectivity index (χ1n) is 14.0. The average molecular weight is 562 g/mol. The second-order valence-electron chi connectivity index (χ2n) is 10.9. The first-order valence-corrected chi connectivity index (χ1v) is 14.0. The number of aliphatic hydroxyl groups excluding tert-OH is 1. The molecule has 2 aromatic rings. The summed E-state index contributed by atoms with van der Waals surface area (Å²) in [5.74, 6) is -0.0760. The van der Waals surface area contributed by atoms with Gasteiger partial charge in [0.25, 0.3) is 11.8 Å². The molecule has 216 valence electrons. The molecular weight excluding hydrogens is 526 g/mol. The Morgan fingerprint density at radius 2 is 2.00 bits per heavy atom. The molecule has 3 saturated heterocycles. The molecule has 1 aromatic heterocycles. The van der Waals surface area contributed by atoms with Crippen molar-refractivity contribution >= 4 is 23.7 Å². The highest BCUT2D eigenvalue weighted by Gasteiger charge is 2.66. The molecule has 5 atom stereocenters. The summed E-state index contributed by atoms with van der Waals surface area (Å²) in [6, 6.07) is 7.18. The Hall–Kier alpha value is -4.39. The third-order valence-electron chi connectivity index (χ3n) is 8.47. The number of benzene rings is 1. The number of amides is 2. The number of aliphatic hydroxyl groups is 1. The number of nitrogens with one attached hydrogen (secondary N) is 7. The van der Waals surface area contributed by atoms with Crippen LogP contribution in [0.2, 0.25) is 0 Å². The molecule has 2 unspecified atom stereocenters. The van der Waals surface area contributed by atoms with Gasteiger partial charge in [-0.15, -0.1) is 0 Å². The number of aryl methyl sites for hydroxylation is 1. The van der Waals surface area contributed by atoms with E-state index in [0.29, 0.717) is 17.9 Å². The van der Waals surface area contributed by atoms with E-state index < -0.39 is 35.8 Å². The standard InChI is InChI=1S/C28H35N9O4/c1-2-41-16-10-11-19(31-12-16)25(40)32-13-20-22-28(36-26(29)35-22)23(38)21(14-37(28)27(30)34-20)33-24(39)18-9-5-7-15-6-3-4-8-17(15)18/h5,7,9-12,20-23,38H,2-4,6,8,13-14H2,1H3,(H2,30,34)(H,32,40)(H,33,39)(H3,29,35,36)/t20-,21?,22-,23+,28?/m0/s1. The van der Waals surface area contributed by atoms with Crippen molar-refractivity contribution in [3.8, 4) is 5.75 Å². The maximum Gasteiger partial charge on any atom is 0.269 e. The highest BCUT2D eigenvalue weighted by molar-refractivity contribution is 5.97. The molecule has 0 saturated carbocycles. The molecule has 3 fully saturated rings. The van der Waals surface area contributed by atoms with Crippen LogP contribution < -0.4 is 31.3 Å². The van der Waals surface area contributed by atoms with Gasteiger partial charge in [-0.2, -0.15) is 0 Å². The third-order valence-corrected chi connectivity index (χ3v) is 8.47. The lowest BCUT2D eigenvalue weighted by Gasteiger charge is -2.49. The highest BCUT2D eigenvalue weighted by atomic mass is 16.5. The van der Waals surface area contributed by atoms with Crippen LogP contribution in [0.15, 0.2) is 36.5 Å². The zero-order valence-corrected chi connectivity index (χ0v) is 22.8. The van der Waals surface area contributed by atoms with Crippen LogP contribution in [-0.2, 0) is 12.8 Å². The van der Waals surface area contributed by atoms with Crippen LogP contribution in [-0.4, -0.2) is 88.3 Å². The Bertz CT molecular complexity index is 1380. The predicted octanol–water partition coefficient (Wildman–Crippen LogP) is -0.337. The number of hydrogen-bond donors (Lipinski definition) is 8. The van der Waals surface area contributed by atoms with Gasteiger partial charge in [0, 0.05) is 18.7 Å². The number of rotatable bonds is 7. The highest BCUT2D eigenvalue weighted by Crippen LogP contribution is 2.37. The summed E-state index contributed by atoms with van der Waals surface area (Å²) in [5.41, 5.74) is 1.83. The Labute approximate surface area is 237 Å². The zero-order chi connectivity index (χ0) is 28.7. The lowest BCUT2D eigenvalue weighted by atomic mass is 9.86. The summed E-state index contributed by atoms with van der Waals surface area (Å²) in [6.45, 7) is 2.62. The number of guanidine groups is 2. The number of carbonyl (C=O) groups excluding carboxylic acids is 2. The summed E-state index contributed by atoms with van der Waals surface area (Å²) in [5, 5.41) is 43.8. The molecule has 0 bridgehead atoms. The van der Waals surface area contributed by atoms with Gasteiger partial charge in [-0.05, 0) is 61.9 Å². The first-order chi connectivity index (χ1) is 19.8. The van der Waals surface area contributed by atoms with E-state index in [1.54, 1.807) is 17.0 Å².